The lowest BCUT2D eigenvalue weighted by atomic mass is 10.1. The second kappa shape index (κ2) is 6.58. The predicted molar refractivity (Wildman–Crippen MR) is 88.9 cm³/mol. The van der Waals surface area contributed by atoms with Crippen LogP contribution in [0.4, 0.5) is 0 Å². The summed E-state index contributed by atoms with van der Waals surface area (Å²) in [6.07, 6.45) is 8.10. The molecule has 0 aromatic carbocycles. The first kappa shape index (κ1) is 15.2. The molecule has 22 heavy (non-hydrogen) atoms. The maximum atomic E-state index is 11.9. The largest absolute Gasteiger partial charge is 0.386 e. The molecule has 2 heterocycles. The quantitative estimate of drug-likeness (QED) is 0.563. The van der Waals surface area contributed by atoms with Crippen molar-refractivity contribution >= 4 is 29.2 Å². The second-order valence-electron chi connectivity index (χ2n) is 5.69. The number of aromatic nitrogens is 1. The topological polar surface area (TPSA) is 106 Å². The first-order valence-corrected chi connectivity index (χ1v) is 8.46. The van der Waals surface area contributed by atoms with Crippen LogP contribution in [-0.4, -0.2) is 35.9 Å². The summed E-state index contributed by atoms with van der Waals surface area (Å²) >= 11 is 1.52. The highest BCUT2D eigenvalue weighted by atomic mass is 32.1. The van der Waals surface area contributed by atoms with Crippen molar-refractivity contribution in [1.29, 1.82) is 0 Å². The number of fused-ring (bicyclic) bond motifs is 1. The molecule has 0 bridgehead atoms. The third-order valence-electron chi connectivity index (χ3n) is 3.99. The summed E-state index contributed by atoms with van der Waals surface area (Å²) in [4.78, 5) is 22.1. The number of aryl methyl sites for hydroxylation is 1. The molecule has 2 unspecified atom stereocenters. The van der Waals surface area contributed by atoms with Gasteiger partial charge in [0.15, 0.2) is 0 Å². The van der Waals surface area contributed by atoms with Crippen LogP contribution in [0.25, 0.3) is 6.08 Å². The van der Waals surface area contributed by atoms with E-state index in [2.05, 4.69) is 21.4 Å². The van der Waals surface area contributed by atoms with Gasteiger partial charge in [-0.1, -0.05) is 6.08 Å². The number of amidine groups is 1. The van der Waals surface area contributed by atoms with Crippen molar-refractivity contribution < 1.29 is 4.79 Å². The van der Waals surface area contributed by atoms with E-state index in [0.29, 0.717) is 5.01 Å². The van der Waals surface area contributed by atoms with Crippen LogP contribution < -0.4 is 16.8 Å². The Morgan fingerprint density at radius 1 is 1.50 bits per heavy atom. The molecule has 6 nitrogen and oxygen atoms in total. The smallest absolute Gasteiger partial charge is 0.235 e. The van der Waals surface area contributed by atoms with Crippen molar-refractivity contribution in [2.75, 3.05) is 13.1 Å². The zero-order valence-electron chi connectivity index (χ0n) is 12.4. The molecule has 5 N–H and O–H groups in total. The van der Waals surface area contributed by atoms with Gasteiger partial charge in [0.25, 0.3) is 0 Å². The number of piperidine rings is 1. The highest BCUT2D eigenvalue weighted by molar-refractivity contribution is 7.12. The van der Waals surface area contributed by atoms with E-state index in [4.69, 9.17) is 11.5 Å². The Hall–Kier alpha value is -1.73. The van der Waals surface area contributed by atoms with E-state index < -0.39 is 11.8 Å². The molecule has 1 aliphatic heterocycles. The Labute approximate surface area is 133 Å². The number of allylic oxidation sites excluding steroid dienone is 1. The number of primary amides is 1. The minimum Gasteiger partial charge on any atom is -0.386 e. The molecule has 1 aromatic heterocycles. The number of rotatable bonds is 4. The third kappa shape index (κ3) is 3.20. The van der Waals surface area contributed by atoms with Gasteiger partial charge >= 0.3 is 0 Å². The number of hydrogen-bond acceptors (Lipinski definition) is 5. The van der Waals surface area contributed by atoms with Crippen LogP contribution in [0.15, 0.2) is 11.1 Å². The van der Waals surface area contributed by atoms with Crippen molar-refractivity contribution in [1.82, 2.24) is 10.3 Å². The molecule has 1 saturated heterocycles. The lowest BCUT2D eigenvalue weighted by molar-refractivity contribution is -0.118. The van der Waals surface area contributed by atoms with Crippen molar-refractivity contribution in [2.45, 2.75) is 37.6 Å². The highest BCUT2D eigenvalue weighted by Gasteiger charge is 2.28. The molecule has 1 amide bonds. The number of carbonyl (C=O) groups excluding carboxylic acids is 1. The Morgan fingerprint density at radius 2 is 2.36 bits per heavy atom. The summed E-state index contributed by atoms with van der Waals surface area (Å²) in [5.74, 6) is -0.915. The fraction of sp³-hybridized carbons (Fsp3) is 0.533. The average Bonchev–Trinajstić information content (AvgIpc) is 2.91. The lowest BCUT2D eigenvalue weighted by Crippen LogP contribution is -2.38. The fourth-order valence-corrected chi connectivity index (χ4v) is 4.04. The van der Waals surface area contributed by atoms with Gasteiger partial charge in [-0.2, -0.15) is 0 Å². The maximum Gasteiger partial charge on any atom is 0.235 e. The summed E-state index contributed by atoms with van der Waals surface area (Å²) in [5, 5.41) is 3.95. The van der Waals surface area contributed by atoms with Gasteiger partial charge < -0.3 is 16.8 Å². The number of thiazole rings is 1. The standard InChI is InChI=1S/C15H21N5OS/c16-13(19-9-4-3-7-18-8-9)12(14(17)21)15-20-10-5-1-2-6-11(10)22-15/h1,5,9,12,18H,2-4,6-8H2,(H2,16,19)(H2,17,21). The van der Waals surface area contributed by atoms with E-state index in [-0.39, 0.29) is 11.9 Å². The summed E-state index contributed by atoms with van der Waals surface area (Å²) in [6, 6.07) is 0.116. The molecule has 1 aromatic rings. The molecule has 118 valence electrons. The van der Waals surface area contributed by atoms with Gasteiger partial charge in [-0.05, 0) is 38.3 Å². The highest BCUT2D eigenvalue weighted by Crippen LogP contribution is 2.30. The van der Waals surface area contributed by atoms with Crippen LogP contribution in [0, 0.1) is 0 Å². The Kier molecular flexibility index (Phi) is 4.54. The first-order chi connectivity index (χ1) is 10.6. The predicted octanol–water partition coefficient (Wildman–Crippen LogP) is 0.781. The second-order valence-corrected chi connectivity index (χ2v) is 6.81. The minimum absolute atomic E-state index is 0.116. The molecule has 0 spiro atoms. The molecule has 2 atom stereocenters. The first-order valence-electron chi connectivity index (χ1n) is 7.64. The van der Waals surface area contributed by atoms with Crippen molar-refractivity contribution in [3.63, 3.8) is 0 Å². The van der Waals surface area contributed by atoms with E-state index in [1.54, 1.807) is 0 Å². The number of amides is 1. The molecular formula is C15H21N5OS. The number of nitrogens with one attached hydrogen (secondary N) is 1. The van der Waals surface area contributed by atoms with Gasteiger partial charge in [-0.15, -0.1) is 11.3 Å². The number of aliphatic imine (C=N–C) groups is 1. The van der Waals surface area contributed by atoms with Crippen molar-refractivity contribution in [3.05, 3.63) is 21.7 Å². The summed E-state index contributed by atoms with van der Waals surface area (Å²) in [5.41, 5.74) is 12.6. The van der Waals surface area contributed by atoms with Gasteiger partial charge in [-0.3, -0.25) is 9.79 Å². The molecule has 7 heteroatoms. The minimum atomic E-state index is -0.717. The Bertz CT molecular complexity index is 615. The number of hydrogen-bond donors (Lipinski definition) is 3. The van der Waals surface area contributed by atoms with Gasteiger partial charge in [0, 0.05) is 11.4 Å². The molecule has 1 aliphatic carbocycles. The van der Waals surface area contributed by atoms with Gasteiger partial charge in [-0.25, -0.2) is 4.98 Å². The van der Waals surface area contributed by atoms with Crippen LogP contribution in [0.3, 0.4) is 0 Å². The van der Waals surface area contributed by atoms with E-state index in [9.17, 15) is 4.79 Å². The van der Waals surface area contributed by atoms with Crippen LogP contribution in [-0.2, 0) is 11.2 Å². The number of nitrogens with zero attached hydrogens (tertiary/aromatic N) is 2. The van der Waals surface area contributed by atoms with E-state index in [0.717, 1.165) is 44.5 Å². The zero-order valence-corrected chi connectivity index (χ0v) is 13.2. The Balaban J connectivity index is 1.85. The third-order valence-corrected chi connectivity index (χ3v) is 5.18. The maximum absolute atomic E-state index is 11.9. The zero-order chi connectivity index (χ0) is 15.5. The van der Waals surface area contributed by atoms with Gasteiger partial charge in [0.2, 0.25) is 5.91 Å². The molecule has 1 fully saturated rings. The van der Waals surface area contributed by atoms with Gasteiger partial charge in [0.05, 0.1) is 11.7 Å². The summed E-state index contributed by atoms with van der Waals surface area (Å²) in [6.45, 7) is 1.81. The fourth-order valence-electron chi connectivity index (χ4n) is 2.85. The number of carbonyl (C=O) groups is 1. The van der Waals surface area contributed by atoms with Crippen LogP contribution >= 0.6 is 11.3 Å². The monoisotopic (exact) mass is 319 g/mol. The van der Waals surface area contributed by atoms with Crippen molar-refractivity contribution in [3.8, 4) is 0 Å². The molecule has 0 radical (unpaired) electrons. The van der Waals surface area contributed by atoms with Crippen LogP contribution in [0.5, 0.6) is 0 Å². The van der Waals surface area contributed by atoms with E-state index >= 15 is 0 Å². The lowest BCUT2D eigenvalue weighted by Gasteiger charge is -2.21. The molecule has 2 aliphatic rings. The number of nitrogens with two attached hydrogens (primary N) is 2. The Morgan fingerprint density at radius 3 is 3.05 bits per heavy atom. The van der Waals surface area contributed by atoms with Crippen LogP contribution in [0.1, 0.15) is 40.8 Å². The van der Waals surface area contributed by atoms with Crippen LogP contribution in [0.2, 0.25) is 0 Å². The summed E-state index contributed by atoms with van der Waals surface area (Å²) in [7, 11) is 0. The molecule has 0 saturated carbocycles. The average molecular weight is 319 g/mol. The SMILES string of the molecule is NC(=O)C(C(N)=NC1CCCNC1)c1nc2c(s1)CCC=C2. The van der Waals surface area contributed by atoms with Gasteiger partial charge in [0.1, 0.15) is 16.8 Å². The van der Waals surface area contributed by atoms with E-state index in [1.165, 1.54) is 16.2 Å². The molecular weight excluding hydrogens is 298 g/mol. The normalized spacial score (nSPS) is 23.1. The van der Waals surface area contributed by atoms with E-state index in [1.807, 2.05) is 6.08 Å². The molecule has 3 rings (SSSR count). The summed E-state index contributed by atoms with van der Waals surface area (Å²) < 4.78 is 0. The van der Waals surface area contributed by atoms with Crippen molar-refractivity contribution in [2.24, 2.45) is 16.5 Å².